The maximum Gasteiger partial charge on any atom is 0.329 e. The Hall–Kier alpha value is -1.06. The normalized spacial score (nSPS) is 51.1. The SMILES string of the molecule is O=C1N[C@@]2(C(=O)O)C[C@@H]3C[C@H]1[C@@H]2C3. The molecule has 2 bridgehead atoms. The number of carboxylic acid groups (broad SMARTS) is 1. The highest BCUT2D eigenvalue weighted by Gasteiger charge is 2.66. The van der Waals surface area contributed by atoms with Crippen LogP contribution in [-0.4, -0.2) is 22.5 Å². The molecule has 2 N–H and O–H groups in total. The zero-order valence-corrected chi connectivity index (χ0v) is 7.12. The molecule has 1 amide bonds. The first-order valence-corrected chi connectivity index (χ1v) is 4.69. The molecule has 1 heterocycles. The molecule has 0 spiro atoms. The lowest BCUT2D eigenvalue weighted by Gasteiger charge is -2.27. The average Bonchev–Trinajstić information content (AvgIpc) is 2.61. The van der Waals surface area contributed by atoms with Crippen molar-refractivity contribution < 1.29 is 14.7 Å². The van der Waals surface area contributed by atoms with Crippen LogP contribution in [-0.2, 0) is 9.59 Å². The van der Waals surface area contributed by atoms with Crippen molar-refractivity contribution in [2.24, 2.45) is 17.8 Å². The van der Waals surface area contributed by atoms with Crippen molar-refractivity contribution >= 4 is 11.9 Å². The van der Waals surface area contributed by atoms with Gasteiger partial charge in [0.25, 0.3) is 0 Å². The molecule has 3 fully saturated rings. The second kappa shape index (κ2) is 1.89. The quantitative estimate of drug-likeness (QED) is 0.597. The van der Waals surface area contributed by atoms with Gasteiger partial charge in [0, 0.05) is 11.8 Å². The van der Waals surface area contributed by atoms with E-state index in [1.165, 1.54) is 0 Å². The Morgan fingerprint density at radius 1 is 1.54 bits per heavy atom. The predicted octanol–water partition coefficient (Wildman–Crippen LogP) is -0.0143. The molecule has 1 aliphatic heterocycles. The zero-order valence-electron chi connectivity index (χ0n) is 7.12. The molecule has 4 atom stereocenters. The number of hydrogen-bond acceptors (Lipinski definition) is 2. The smallest absolute Gasteiger partial charge is 0.329 e. The fraction of sp³-hybridized carbons (Fsp3) is 0.778. The van der Waals surface area contributed by atoms with Crippen molar-refractivity contribution in [3.63, 3.8) is 0 Å². The number of hydrogen-bond donors (Lipinski definition) is 2. The van der Waals surface area contributed by atoms with Crippen LogP contribution in [0.5, 0.6) is 0 Å². The third kappa shape index (κ3) is 0.641. The topological polar surface area (TPSA) is 66.4 Å². The van der Waals surface area contributed by atoms with E-state index in [2.05, 4.69) is 5.32 Å². The van der Waals surface area contributed by atoms with Crippen molar-refractivity contribution in [1.29, 1.82) is 0 Å². The van der Waals surface area contributed by atoms with E-state index in [9.17, 15) is 9.59 Å². The van der Waals surface area contributed by atoms with Crippen molar-refractivity contribution in [2.75, 3.05) is 0 Å². The van der Waals surface area contributed by atoms with E-state index in [-0.39, 0.29) is 17.7 Å². The summed E-state index contributed by atoms with van der Waals surface area (Å²) in [5.74, 6) is -0.342. The van der Waals surface area contributed by atoms with E-state index >= 15 is 0 Å². The van der Waals surface area contributed by atoms with Gasteiger partial charge in [0.1, 0.15) is 5.54 Å². The lowest BCUT2D eigenvalue weighted by molar-refractivity contribution is -0.146. The number of aliphatic carboxylic acids is 1. The molecule has 4 nitrogen and oxygen atoms in total. The Bertz CT molecular complexity index is 312. The van der Waals surface area contributed by atoms with E-state index in [0.29, 0.717) is 12.3 Å². The van der Waals surface area contributed by atoms with Crippen LogP contribution in [0.25, 0.3) is 0 Å². The summed E-state index contributed by atoms with van der Waals surface area (Å²) < 4.78 is 0. The monoisotopic (exact) mass is 181 g/mol. The van der Waals surface area contributed by atoms with Crippen LogP contribution in [0.15, 0.2) is 0 Å². The molecule has 2 aliphatic carbocycles. The number of amides is 1. The van der Waals surface area contributed by atoms with Crippen molar-refractivity contribution in [3.05, 3.63) is 0 Å². The van der Waals surface area contributed by atoms with E-state index in [0.717, 1.165) is 12.8 Å². The van der Waals surface area contributed by atoms with Gasteiger partial charge in [0.2, 0.25) is 5.91 Å². The second-order valence-corrected chi connectivity index (χ2v) is 4.52. The number of carbonyl (C=O) groups is 2. The van der Waals surface area contributed by atoms with Gasteiger partial charge >= 0.3 is 5.97 Å². The zero-order chi connectivity index (χ0) is 9.22. The maximum absolute atomic E-state index is 11.4. The number of nitrogens with one attached hydrogen (secondary N) is 1. The molecule has 3 aliphatic rings. The molecule has 1 saturated heterocycles. The molecule has 0 aromatic carbocycles. The molecular weight excluding hydrogens is 170 g/mol. The summed E-state index contributed by atoms with van der Waals surface area (Å²) in [6, 6.07) is 0. The number of rotatable bonds is 1. The summed E-state index contributed by atoms with van der Waals surface area (Å²) in [6.45, 7) is 0. The van der Waals surface area contributed by atoms with E-state index < -0.39 is 11.5 Å². The maximum atomic E-state index is 11.4. The van der Waals surface area contributed by atoms with Crippen LogP contribution in [0.2, 0.25) is 0 Å². The molecule has 2 saturated carbocycles. The molecule has 0 radical (unpaired) electrons. The minimum atomic E-state index is -0.884. The number of carbonyl (C=O) groups excluding carboxylic acids is 1. The fourth-order valence-electron chi connectivity index (χ4n) is 3.51. The van der Waals surface area contributed by atoms with Crippen molar-refractivity contribution in [3.8, 4) is 0 Å². The summed E-state index contributed by atoms with van der Waals surface area (Å²) in [5, 5.41) is 11.8. The van der Waals surface area contributed by atoms with Gasteiger partial charge in [-0.05, 0) is 25.2 Å². The Labute approximate surface area is 75.3 Å². The molecule has 13 heavy (non-hydrogen) atoms. The standard InChI is InChI=1S/C9H11NO3/c11-7-5-1-4-2-6(5)9(3-4,10-7)8(12)13/h4-6H,1-3H2,(H,10,11)(H,12,13)/t4-,5+,6+,9+/m1/s1. The van der Waals surface area contributed by atoms with E-state index in [1.54, 1.807) is 0 Å². The Balaban J connectivity index is 2.09. The van der Waals surface area contributed by atoms with Crippen LogP contribution in [0.1, 0.15) is 19.3 Å². The van der Waals surface area contributed by atoms with Crippen LogP contribution in [0.4, 0.5) is 0 Å². The minimum Gasteiger partial charge on any atom is -0.479 e. The highest BCUT2D eigenvalue weighted by atomic mass is 16.4. The van der Waals surface area contributed by atoms with Gasteiger partial charge in [0.05, 0.1) is 0 Å². The van der Waals surface area contributed by atoms with Gasteiger partial charge in [-0.2, -0.15) is 0 Å². The van der Waals surface area contributed by atoms with Gasteiger partial charge in [0.15, 0.2) is 0 Å². The van der Waals surface area contributed by atoms with Crippen LogP contribution >= 0.6 is 0 Å². The van der Waals surface area contributed by atoms with Crippen LogP contribution in [0, 0.1) is 17.8 Å². The minimum absolute atomic E-state index is 0.00477. The summed E-state index contributed by atoms with van der Waals surface area (Å²) in [6.07, 6.45) is 2.48. The Morgan fingerprint density at radius 3 is 2.85 bits per heavy atom. The highest BCUT2D eigenvalue weighted by Crippen LogP contribution is 2.57. The highest BCUT2D eigenvalue weighted by molar-refractivity contribution is 5.94. The number of carboxylic acids is 1. The number of fused-ring (bicyclic) bond motifs is 1. The average molecular weight is 181 g/mol. The molecule has 70 valence electrons. The van der Waals surface area contributed by atoms with Gasteiger partial charge in [-0.3, -0.25) is 4.79 Å². The third-order valence-corrected chi connectivity index (χ3v) is 3.97. The third-order valence-electron chi connectivity index (χ3n) is 3.97. The molecule has 0 aromatic rings. The van der Waals surface area contributed by atoms with E-state index in [1.807, 2.05) is 0 Å². The molecule has 4 heteroatoms. The fourth-order valence-corrected chi connectivity index (χ4v) is 3.51. The first-order chi connectivity index (χ1) is 6.13. The van der Waals surface area contributed by atoms with Gasteiger partial charge in [-0.1, -0.05) is 0 Å². The van der Waals surface area contributed by atoms with Crippen molar-refractivity contribution in [1.82, 2.24) is 5.32 Å². The van der Waals surface area contributed by atoms with Gasteiger partial charge in [-0.25, -0.2) is 4.79 Å². The summed E-state index contributed by atoms with van der Waals surface area (Å²) in [7, 11) is 0. The van der Waals surface area contributed by atoms with Crippen LogP contribution in [0.3, 0.4) is 0 Å². The first kappa shape index (κ1) is 7.35. The lowest BCUT2D eigenvalue weighted by atomic mass is 9.79. The Kier molecular flexibility index (Phi) is 1.07. The van der Waals surface area contributed by atoms with Gasteiger partial charge in [-0.15, -0.1) is 0 Å². The second-order valence-electron chi connectivity index (χ2n) is 4.52. The molecule has 0 aromatic heterocycles. The largest absolute Gasteiger partial charge is 0.479 e. The summed E-state index contributed by atoms with van der Waals surface area (Å²) in [5.41, 5.74) is -0.884. The van der Waals surface area contributed by atoms with E-state index in [4.69, 9.17) is 5.11 Å². The van der Waals surface area contributed by atoms with Gasteiger partial charge < -0.3 is 10.4 Å². The van der Waals surface area contributed by atoms with Crippen molar-refractivity contribution in [2.45, 2.75) is 24.8 Å². The first-order valence-electron chi connectivity index (χ1n) is 4.69. The summed E-state index contributed by atoms with van der Waals surface area (Å²) in [4.78, 5) is 22.5. The molecular formula is C9H11NO3. The molecule has 0 unspecified atom stereocenters. The lowest BCUT2D eigenvalue weighted by Crippen LogP contribution is -2.50. The predicted molar refractivity (Wildman–Crippen MR) is 42.8 cm³/mol. The van der Waals surface area contributed by atoms with Crippen LogP contribution < -0.4 is 5.32 Å². The molecule has 3 rings (SSSR count). The summed E-state index contributed by atoms with van der Waals surface area (Å²) >= 11 is 0. The Morgan fingerprint density at radius 2 is 2.31 bits per heavy atom.